The molecule has 0 aliphatic heterocycles. The van der Waals surface area contributed by atoms with E-state index in [-0.39, 0.29) is 0 Å². The van der Waals surface area contributed by atoms with Crippen molar-refractivity contribution in [1.82, 2.24) is 0 Å². The van der Waals surface area contributed by atoms with E-state index >= 15 is 0 Å². The van der Waals surface area contributed by atoms with Gasteiger partial charge >= 0.3 is 5.97 Å². The zero-order valence-electron chi connectivity index (χ0n) is 9.24. The highest BCUT2D eigenvalue weighted by Gasteiger charge is 2.60. The summed E-state index contributed by atoms with van der Waals surface area (Å²) in [4.78, 5) is 12.6. The molecule has 16 heavy (non-hydrogen) atoms. The van der Waals surface area contributed by atoms with Gasteiger partial charge in [-0.05, 0) is 42.5 Å². The Morgan fingerprint density at radius 1 is 1.31 bits per heavy atom. The highest BCUT2D eigenvalue weighted by molar-refractivity contribution is 7.10. The van der Waals surface area contributed by atoms with Gasteiger partial charge in [0.1, 0.15) is 5.41 Å². The van der Waals surface area contributed by atoms with Crippen LogP contribution in [0.15, 0.2) is 17.5 Å². The van der Waals surface area contributed by atoms with E-state index in [9.17, 15) is 9.90 Å². The van der Waals surface area contributed by atoms with Crippen LogP contribution in [0.25, 0.3) is 0 Å². The SMILES string of the molecule is O=C(O)C1(c2cccs2)CC2(CCCC2)C1. The van der Waals surface area contributed by atoms with Crippen LogP contribution in [0.4, 0.5) is 0 Å². The Hall–Kier alpha value is -0.830. The molecule has 1 N–H and O–H groups in total. The van der Waals surface area contributed by atoms with Gasteiger partial charge in [-0.3, -0.25) is 4.79 Å². The second-order valence-electron chi connectivity index (χ2n) is 5.43. The number of rotatable bonds is 2. The molecular formula is C13H16O2S. The summed E-state index contributed by atoms with van der Waals surface area (Å²) in [5.74, 6) is -0.618. The molecule has 0 bridgehead atoms. The minimum absolute atomic E-state index is 0.377. The topological polar surface area (TPSA) is 37.3 Å². The molecule has 86 valence electrons. The Labute approximate surface area is 99.3 Å². The molecule has 2 aliphatic rings. The molecule has 2 fully saturated rings. The maximum absolute atomic E-state index is 11.5. The van der Waals surface area contributed by atoms with Gasteiger partial charge in [-0.1, -0.05) is 18.9 Å². The fraction of sp³-hybridized carbons (Fsp3) is 0.615. The maximum Gasteiger partial charge on any atom is 0.315 e. The molecule has 0 unspecified atom stereocenters. The third-order valence-electron chi connectivity index (χ3n) is 4.42. The molecule has 0 radical (unpaired) electrons. The lowest BCUT2D eigenvalue weighted by atomic mass is 9.51. The third kappa shape index (κ3) is 1.27. The second kappa shape index (κ2) is 3.33. The molecule has 0 atom stereocenters. The molecule has 1 aromatic rings. The normalized spacial score (nSPS) is 25.5. The number of hydrogen-bond donors (Lipinski definition) is 1. The molecule has 2 aliphatic carbocycles. The highest BCUT2D eigenvalue weighted by atomic mass is 32.1. The lowest BCUT2D eigenvalue weighted by molar-refractivity contribution is -0.154. The molecule has 1 spiro atoms. The number of thiophene rings is 1. The van der Waals surface area contributed by atoms with E-state index in [0.717, 1.165) is 17.7 Å². The van der Waals surface area contributed by atoms with Crippen molar-refractivity contribution >= 4 is 17.3 Å². The van der Waals surface area contributed by atoms with E-state index in [4.69, 9.17) is 0 Å². The molecule has 0 saturated heterocycles. The van der Waals surface area contributed by atoms with Crippen LogP contribution < -0.4 is 0 Å². The summed E-state index contributed by atoms with van der Waals surface area (Å²) in [5.41, 5.74) is -0.166. The lowest BCUT2D eigenvalue weighted by Gasteiger charge is -2.52. The van der Waals surface area contributed by atoms with Gasteiger partial charge in [-0.15, -0.1) is 11.3 Å². The van der Waals surface area contributed by atoms with Crippen LogP contribution in [0.3, 0.4) is 0 Å². The van der Waals surface area contributed by atoms with Crippen LogP contribution in [0.5, 0.6) is 0 Å². The summed E-state index contributed by atoms with van der Waals surface area (Å²) in [6.07, 6.45) is 6.81. The zero-order valence-corrected chi connectivity index (χ0v) is 10.1. The second-order valence-corrected chi connectivity index (χ2v) is 6.37. The van der Waals surface area contributed by atoms with Crippen molar-refractivity contribution in [3.8, 4) is 0 Å². The van der Waals surface area contributed by atoms with Crippen molar-refractivity contribution in [1.29, 1.82) is 0 Å². The Kier molecular flexibility index (Phi) is 2.15. The standard InChI is InChI=1S/C13H16O2S/c14-11(15)13(10-4-3-7-16-10)8-12(9-13)5-1-2-6-12/h3-4,7H,1-2,5-6,8-9H2,(H,14,15). The van der Waals surface area contributed by atoms with E-state index in [0.29, 0.717) is 5.41 Å². The number of aliphatic carboxylic acids is 1. The maximum atomic E-state index is 11.5. The Balaban J connectivity index is 1.89. The number of carboxylic acid groups (broad SMARTS) is 1. The largest absolute Gasteiger partial charge is 0.481 e. The van der Waals surface area contributed by atoms with Gasteiger partial charge in [0.25, 0.3) is 0 Å². The fourth-order valence-electron chi connectivity index (χ4n) is 3.69. The number of hydrogen-bond acceptors (Lipinski definition) is 2. The van der Waals surface area contributed by atoms with Crippen LogP contribution in [0.1, 0.15) is 43.4 Å². The summed E-state index contributed by atoms with van der Waals surface area (Å²) in [6, 6.07) is 3.95. The van der Waals surface area contributed by atoms with E-state index in [1.807, 2.05) is 17.5 Å². The van der Waals surface area contributed by atoms with Crippen molar-refractivity contribution in [2.75, 3.05) is 0 Å². The molecule has 0 aromatic carbocycles. The van der Waals surface area contributed by atoms with E-state index < -0.39 is 11.4 Å². The third-order valence-corrected chi connectivity index (χ3v) is 5.49. The van der Waals surface area contributed by atoms with Crippen molar-refractivity contribution in [2.24, 2.45) is 5.41 Å². The summed E-state index contributed by atoms with van der Waals surface area (Å²) in [6.45, 7) is 0. The predicted molar refractivity (Wildman–Crippen MR) is 63.8 cm³/mol. The summed E-state index contributed by atoms with van der Waals surface area (Å²) in [5, 5.41) is 11.5. The van der Waals surface area contributed by atoms with Gasteiger partial charge in [0, 0.05) is 4.88 Å². The fourth-order valence-corrected chi connectivity index (χ4v) is 4.61. The van der Waals surface area contributed by atoms with Crippen LogP contribution in [0, 0.1) is 5.41 Å². The molecular weight excluding hydrogens is 220 g/mol. The van der Waals surface area contributed by atoms with Gasteiger partial charge in [0.2, 0.25) is 0 Å². The molecule has 3 heteroatoms. The Morgan fingerprint density at radius 3 is 2.50 bits per heavy atom. The van der Waals surface area contributed by atoms with Crippen molar-refractivity contribution in [3.05, 3.63) is 22.4 Å². The van der Waals surface area contributed by atoms with Gasteiger partial charge in [-0.2, -0.15) is 0 Å². The zero-order chi connectivity index (χ0) is 11.2. The molecule has 1 heterocycles. The minimum atomic E-state index is -0.618. The smallest absolute Gasteiger partial charge is 0.315 e. The van der Waals surface area contributed by atoms with E-state index in [1.165, 1.54) is 25.7 Å². The monoisotopic (exact) mass is 236 g/mol. The van der Waals surface area contributed by atoms with Crippen LogP contribution in [-0.4, -0.2) is 11.1 Å². The molecule has 0 amide bonds. The first-order chi connectivity index (χ1) is 7.67. The molecule has 2 nitrogen and oxygen atoms in total. The van der Waals surface area contributed by atoms with Gasteiger partial charge in [-0.25, -0.2) is 0 Å². The Bertz CT molecular complexity index is 394. The minimum Gasteiger partial charge on any atom is -0.481 e. The quantitative estimate of drug-likeness (QED) is 0.854. The van der Waals surface area contributed by atoms with Gasteiger partial charge < -0.3 is 5.11 Å². The number of carbonyl (C=O) groups is 1. The first kappa shape index (κ1) is 10.3. The Morgan fingerprint density at radius 2 is 2.00 bits per heavy atom. The van der Waals surface area contributed by atoms with Crippen LogP contribution in [-0.2, 0) is 10.2 Å². The summed E-state index contributed by atoms with van der Waals surface area (Å²) >= 11 is 1.60. The molecule has 2 saturated carbocycles. The predicted octanol–water partition coefficient (Wildman–Crippen LogP) is 3.42. The van der Waals surface area contributed by atoms with Gasteiger partial charge in [0.15, 0.2) is 0 Å². The van der Waals surface area contributed by atoms with Crippen molar-refractivity contribution < 1.29 is 9.90 Å². The summed E-state index contributed by atoms with van der Waals surface area (Å²) in [7, 11) is 0. The van der Waals surface area contributed by atoms with Crippen LogP contribution in [0.2, 0.25) is 0 Å². The number of carboxylic acids is 1. The van der Waals surface area contributed by atoms with E-state index in [2.05, 4.69) is 0 Å². The molecule has 1 aromatic heterocycles. The average molecular weight is 236 g/mol. The highest BCUT2D eigenvalue weighted by Crippen LogP contribution is 2.63. The molecule has 3 rings (SSSR count). The first-order valence-electron chi connectivity index (χ1n) is 5.94. The summed E-state index contributed by atoms with van der Waals surface area (Å²) < 4.78 is 0. The van der Waals surface area contributed by atoms with Crippen molar-refractivity contribution in [2.45, 2.75) is 43.9 Å². The first-order valence-corrected chi connectivity index (χ1v) is 6.82. The van der Waals surface area contributed by atoms with E-state index in [1.54, 1.807) is 11.3 Å². The van der Waals surface area contributed by atoms with Crippen molar-refractivity contribution in [3.63, 3.8) is 0 Å². The van der Waals surface area contributed by atoms with Gasteiger partial charge in [0.05, 0.1) is 0 Å². The average Bonchev–Trinajstić information content (AvgIpc) is 2.85. The lowest BCUT2D eigenvalue weighted by Crippen LogP contribution is -2.53. The van der Waals surface area contributed by atoms with Crippen LogP contribution >= 0.6 is 11.3 Å².